The monoisotopic (exact) mass is 258 g/mol. The summed E-state index contributed by atoms with van der Waals surface area (Å²) in [5.41, 5.74) is 2.18. The highest BCUT2D eigenvalue weighted by atomic mass is 79.9. The molecule has 0 saturated heterocycles. The highest BCUT2D eigenvalue weighted by Crippen LogP contribution is 2.38. The largest absolute Gasteiger partial charge is 0.0880 e. The second kappa shape index (κ2) is 5.34. The van der Waals surface area contributed by atoms with E-state index in [-0.39, 0.29) is 0 Å². The van der Waals surface area contributed by atoms with E-state index in [0.29, 0.717) is 5.41 Å². The molecule has 0 aliphatic heterocycles. The van der Waals surface area contributed by atoms with Crippen molar-refractivity contribution in [2.45, 2.75) is 52.9 Å². The fourth-order valence-corrected chi connectivity index (χ4v) is 2.76. The predicted octanol–water partition coefficient (Wildman–Crippen LogP) is 4.93. The number of hydrogen-bond donors (Lipinski definition) is 0. The van der Waals surface area contributed by atoms with Gasteiger partial charge in [-0.15, -0.1) is 0 Å². The Labute approximate surface area is 97.3 Å². The average molecular weight is 259 g/mol. The Hall–Kier alpha value is 0.220. The maximum absolute atomic E-state index is 3.56. The first kappa shape index (κ1) is 12.3. The molecular formula is C13H23Br. The lowest BCUT2D eigenvalue weighted by Gasteiger charge is -2.33. The van der Waals surface area contributed by atoms with Crippen molar-refractivity contribution < 1.29 is 0 Å². The quantitative estimate of drug-likeness (QED) is 0.497. The van der Waals surface area contributed by atoms with Crippen LogP contribution < -0.4 is 0 Å². The summed E-state index contributed by atoms with van der Waals surface area (Å²) in [6.07, 6.45) is 9.29. The SMILES string of the molecule is CC/C(=C\C1CCC(C)(C)CC1)CBr. The van der Waals surface area contributed by atoms with Crippen LogP contribution in [-0.2, 0) is 0 Å². The van der Waals surface area contributed by atoms with Gasteiger partial charge in [0.15, 0.2) is 0 Å². The lowest BCUT2D eigenvalue weighted by Crippen LogP contribution is -2.20. The van der Waals surface area contributed by atoms with E-state index in [1.165, 1.54) is 32.1 Å². The fourth-order valence-electron chi connectivity index (χ4n) is 2.18. The zero-order chi connectivity index (χ0) is 10.6. The first-order valence-electron chi connectivity index (χ1n) is 5.83. The molecule has 1 aliphatic carbocycles. The third-order valence-electron chi connectivity index (χ3n) is 3.48. The molecule has 0 radical (unpaired) electrons. The summed E-state index contributed by atoms with van der Waals surface area (Å²) < 4.78 is 0. The van der Waals surface area contributed by atoms with Gasteiger partial charge in [0.25, 0.3) is 0 Å². The summed E-state index contributed by atoms with van der Waals surface area (Å²) in [7, 11) is 0. The average Bonchev–Trinajstić information content (AvgIpc) is 2.16. The van der Waals surface area contributed by atoms with Crippen LogP contribution >= 0.6 is 15.9 Å². The lowest BCUT2D eigenvalue weighted by atomic mass is 9.73. The number of alkyl halides is 1. The van der Waals surface area contributed by atoms with Crippen LogP contribution in [0.5, 0.6) is 0 Å². The minimum Gasteiger partial charge on any atom is -0.0880 e. The van der Waals surface area contributed by atoms with Gasteiger partial charge in [0.05, 0.1) is 0 Å². The maximum atomic E-state index is 3.56. The molecule has 0 N–H and O–H groups in total. The van der Waals surface area contributed by atoms with Crippen molar-refractivity contribution in [2.75, 3.05) is 5.33 Å². The van der Waals surface area contributed by atoms with Crippen LogP contribution in [0.4, 0.5) is 0 Å². The van der Waals surface area contributed by atoms with Gasteiger partial charge in [0.1, 0.15) is 0 Å². The molecule has 1 fully saturated rings. The molecule has 0 aromatic heterocycles. The Kier molecular flexibility index (Phi) is 4.69. The topological polar surface area (TPSA) is 0 Å². The fraction of sp³-hybridized carbons (Fsp3) is 0.846. The Morgan fingerprint density at radius 2 is 1.93 bits per heavy atom. The molecule has 0 atom stereocenters. The van der Waals surface area contributed by atoms with E-state index in [1.807, 2.05) is 0 Å². The first-order valence-corrected chi connectivity index (χ1v) is 6.95. The summed E-state index contributed by atoms with van der Waals surface area (Å²) in [6.45, 7) is 7.05. The van der Waals surface area contributed by atoms with Crippen molar-refractivity contribution >= 4 is 15.9 Å². The van der Waals surface area contributed by atoms with Crippen LogP contribution in [0, 0.1) is 11.3 Å². The molecule has 0 amide bonds. The number of hydrogen-bond acceptors (Lipinski definition) is 0. The number of halogens is 1. The molecule has 82 valence electrons. The lowest BCUT2D eigenvalue weighted by molar-refractivity contribution is 0.213. The normalized spacial score (nSPS) is 23.9. The molecule has 0 aromatic rings. The summed E-state index contributed by atoms with van der Waals surface area (Å²) in [5, 5.41) is 1.06. The second-order valence-electron chi connectivity index (χ2n) is 5.31. The van der Waals surface area contributed by atoms with E-state index in [4.69, 9.17) is 0 Å². The van der Waals surface area contributed by atoms with Crippen LogP contribution in [0.15, 0.2) is 11.6 Å². The third-order valence-corrected chi connectivity index (χ3v) is 4.20. The van der Waals surface area contributed by atoms with Gasteiger partial charge in [-0.25, -0.2) is 0 Å². The first-order chi connectivity index (χ1) is 6.57. The molecule has 1 saturated carbocycles. The van der Waals surface area contributed by atoms with Gasteiger partial charge in [0, 0.05) is 5.33 Å². The van der Waals surface area contributed by atoms with Gasteiger partial charge in [-0.2, -0.15) is 0 Å². The Morgan fingerprint density at radius 3 is 2.36 bits per heavy atom. The maximum Gasteiger partial charge on any atom is 0.0241 e. The third kappa shape index (κ3) is 3.76. The van der Waals surface area contributed by atoms with E-state index in [0.717, 1.165) is 11.2 Å². The Morgan fingerprint density at radius 1 is 1.36 bits per heavy atom. The van der Waals surface area contributed by atoms with Crippen LogP contribution in [-0.4, -0.2) is 5.33 Å². The molecule has 1 heteroatoms. The van der Waals surface area contributed by atoms with Gasteiger partial charge in [-0.3, -0.25) is 0 Å². The van der Waals surface area contributed by atoms with E-state index < -0.39 is 0 Å². The molecule has 0 bridgehead atoms. The zero-order valence-electron chi connectivity index (χ0n) is 9.78. The minimum absolute atomic E-state index is 0.602. The molecule has 0 heterocycles. The van der Waals surface area contributed by atoms with Crippen LogP contribution in [0.2, 0.25) is 0 Å². The molecule has 0 nitrogen and oxygen atoms in total. The molecule has 1 rings (SSSR count). The summed E-state index contributed by atoms with van der Waals surface area (Å²) >= 11 is 3.56. The Balaban J connectivity index is 2.46. The van der Waals surface area contributed by atoms with Crippen molar-refractivity contribution in [3.05, 3.63) is 11.6 Å². The van der Waals surface area contributed by atoms with Crippen molar-refractivity contribution in [1.29, 1.82) is 0 Å². The molecule has 14 heavy (non-hydrogen) atoms. The van der Waals surface area contributed by atoms with Crippen molar-refractivity contribution in [3.63, 3.8) is 0 Å². The molecule has 0 unspecified atom stereocenters. The summed E-state index contributed by atoms with van der Waals surface area (Å²) in [5.74, 6) is 0.857. The van der Waals surface area contributed by atoms with E-state index in [1.54, 1.807) is 5.57 Å². The Bertz CT molecular complexity index is 187. The van der Waals surface area contributed by atoms with Gasteiger partial charge in [-0.1, -0.05) is 48.4 Å². The summed E-state index contributed by atoms with van der Waals surface area (Å²) in [4.78, 5) is 0. The second-order valence-corrected chi connectivity index (χ2v) is 5.87. The van der Waals surface area contributed by atoms with Crippen LogP contribution in [0.25, 0.3) is 0 Å². The number of rotatable bonds is 3. The van der Waals surface area contributed by atoms with Gasteiger partial charge < -0.3 is 0 Å². The van der Waals surface area contributed by atoms with Crippen molar-refractivity contribution in [2.24, 2.45) is 11.3 Å². The smallest absolute Gasteiger partial charge is 0.0241 e. The highest BCUT2D eigenvalue weighted by molar-refractivity contribution is 9.09. The van der Waals surface area contributed by atoms with Crippen molar-refractivity contribution in [1.82, 2.24) is 0 Å². The van der Waals surface area contributed by atoms with Crippen LogP contribution in [0.1, 0.15) is 52.9 Å². The zero-order valence-corrected chi connectivity index (χ0v) is 11.4. The van der Waals surface area contributed by atoms with Crippen LogP contribution in [0.3, 0.4) is 0 Å². The van der Waals surface area contributed by atoms with Crippen molar-refractivity contribution in [3.8, 4) is 0 Å². The predicted molar refractivity (Wildman–Crippen MR) is 67.9 cm³/mol. The van der Waals surface area contributed by atoms with E-state index >= 15 is 0 Å². The molecule has 0 aromatic carbocycles. The molecule has 1 aliphatic rings. The highest BCUT2D eigenvalue weighted by Gasteiger charge is 2.25. The molecular weight excluding hydrogens is 236 g/mol. The minimum atomic E-state index is 0.602. The van der Waals surface area contributed by atoms with E-state index in [2.05, 4.69) is 42.8 Å². The van der Waals surface area contributed by atoms with E-state index in [9.17, 15) is 0 Å². The van der Waals surface area contributed by atoms with Gasteiger partial charge >= 0.3 is 0 Å². The summed E-state index contributed by atoms with van der Waals surface area (Å²) in [6, 6.07) is 0. The standard InChI is InChI=1S/C13H23Br/c1-4-11(10-14)9-12-5-7-13(2,3)8-6-12/h9,12H,4-8,10H2,1-3H3/b11-9+. The van der Waals surface area contributed by atoms with Gasteiger partial charge in [-0.05, 0) is 43.4 Å². The molecule has 0 spiro atoms. The number of allylic oxidation sites excluding steroid dienone is 2. The van der Waals surface area contributed by atoms with Gasteiger partial charge in [0.2, 0.25) is 0 Å².